The third kappa shape index (κ3) is 14.5. The zero-order valence-corrected chi connectivity index (χ0v) is 48.2. The Labute approximate surface area is 455 Å². The molecule has 0 aromatic carbocycles. The Kier molecular flexibility index (Phi) is 18.4. The Hall–Kier alpha value is -4.42. The van der Waals surface area contributed by atoms with Gasteiger partial charge in [0.1, 0.15) is 0 Å². The summed E-state index contributed by atoms with van der Waals surface area (Å²) in [5.74, 6) is -7.92. The lowest BCUT2D eigenvalue weighted by Gasteiger charge is -2.38. The summed E-state index contributed by atoms with van der Waals surface area (Å²) in [6.07, 6.45) is 19.8. The van der Waals surface area contributed by atoms with Crippen LogP contribution in [0, 0.1) is 34.5 Å². The van der Waals surface area contributed by atoms with Crippen LogP contribution < -0.4 is 9.44 Å². The molecule has 0 saturated heterocycles. The Morgan fingerprint density at radius 1 is 0.590 bits per heavy atom. The molecule has 434 valence electrons. The molecule has 0 amide bonds. The van der Waals surface area contributed by atoms with Crippen molar-refractivity contribution in [2.45, 2.75) is 65.8 Å². The molecule has 2 aliphatic heterocycles. The summed E-state index contributed by atoms with van der Waals surface area (Å²) in [6.45, 7) is 5.93. The second kappa shape index (κ2) is 22.8. The predicted molar refractivity (Wildman–Crippen MR) is 287 cm³/mol. The van der Waals surface area contributed by atoms with Crippen molar-refractivity contribution in [3.8, 4) is 0 Å². The summed E-state index contributed by atoms with van der Waals surface area (Å²) < 4.78 is 228. The average molecular weight is 1230 g/mol. The first-order valence-corrected chi connectivity index (χ1v) is 34.7. The fraction of sp³-hybridized carbons (Fsp3) is 0.500. The molecule has 0 aromatic heterocycles. The van der Waals surface area contributed by atoms with Crippen molar-refractivity contribution in [2.24, 2.45) is 34.5 Å². The minimum Gasteiger partial charge on any atom is -0.481 e. The first-order chi connectivity index (χ1) is 35.7. The number of aliphatic carboxylic acids is 1. The van der Waals surface area contributed by atoms with Crippen LogP contribution >= 0.6 is 0 Å². The van der Waals surface area contributed by atoms with Crippen LogP contribution in [-0.4, -0.2) is 152 Å². The number of carbonyl (C=O) groups is 1. The van der Waals surface area contributed by atoms with Crippen LogP contribution in [0.4, 0.5) is 0 Å². The lowest BCUT2D eigenvalue weighted by Crippen LogP contribution is -2.39. The van der Waals surface area contributed by atoms with Gasteiger partial charge in [0.15, 0.2) is 0 Å². The number of hydrogen-bond donors (Lipinski definition) is 8. The molecule has 2 heterocycles. The van der Waals surface area contributed by atoms with Crippen LogP contribution in [-0.2, 0) is 75.4 Å². The van der Waals surface area contributed by atoms with Gasteiger partial charge in [0.2, 0.25) is 20.0 Å². The van der Waals surface area contributed by atoms with E-state index in [0.29, 0.717) is 54.0 Å². The van der Waals surface area contributed by atoms with E-state index < -0.39 is 167 Å². The van der Waals surface area contributed by atoms with E-state index in [4.69, 9.17) is 0 Å². The zero-order valence-electron chi connectivity index (χ0n) is 42.4. The van der Waals surface area contributed by atoms with Crippen LogP contribution in [0.3, 0.4) is 0 Å². The fourth-order valence-corrected chi connectivity index (χ4v) is 16.5. The van der Waals surface area contributed by atoms with Crippen molar-refractivity contribution in [3.63, 3.8) is 0 Å². The van der Waals surface area contributed by atoms with E-state index in [1.165, 1.54) is 24.3 Å². The molecule has 0 fully saturated rings. The van der Waals surface area contributed by atoms with Crippen molar-refractivity contribution in [2.75, 3.05) is 43.4 Å². The highest BCUT2D eigenvalue weighted by Crippen LogP contribution is 2.58. The van der Waals surface area contributed by atoms with E-state index in [2.05, 4.69) is 9.44 Å². The van der Waals surface area contributed by atoms with Gasteiger partial charge in [-0.05, 0) is 60.8 Å². The molecule has 0 spiro atoms. The summed E-state index contributed by atoms with van der Waals surface area (Å²) >= 11 is 0. The van der Waals surface area contributed by atoms with Gasteiger partial charge in [0.05, 0.1) is 42.9 Å². The van der Waals surface area contributed by atoms with Crippen LogP contribution in [0.5, 0.6) is 0 Å². The highest BCUT2D eigenvalue weighted by molar-refractivity contribution is 7.94. The molecule has 6 rings (SSSR count). The quantitative estimate of drug-likeness (QED) is 0.0370. The van der Waals surface area contributed by atoms with Crippen LogP contribution in [0.2, 0.25) is 0 Å². The molecule has 0 saturated carbocycles. The molecule has 0 radical (unpaired) electrons. The number of carboxylic acid groups (broad SMARTS) is 1. The molecule has 4 aliphatic carbocycles. The maximum Gasteiger partial charge on any atom is 0.303 e. The Bertz CT molecular complexity index is 3660. The molecular weight excluding hydrogens is 1170 g/mol. The summed E-state index contributed by atoms with van der Waals surface area (Å²) in [5.41, 5.74) is 0.569. The summed E-state index contributed by atoms with van der Waals surface area (Å²) in [6, 6.07) is -0.691. The summed E-state index contributed by atoms with van der Waals surface area (Å²) in [4.78, 5) is 12.5. The van der Waals surface area contributed by atoms with Gasteiger partial charge in [-0.25, -0.2) is 26.3 Å². The highest BCUT2D eigenvalue weighted by Gasteiger charge is 2.53. The number of nitrogens with zero attached hydrogens (tertiary/aromatic N) is 2. The van der Waals surface area contributed by atoms with Gasteiger partial charge in [-0.1, -0.05) is 82.7 Å². The van der Waals surface area contributed by atoms with Gasteiger partial charge < -0.3 is 14.9 Å². The largest absolute Gasteiger partial charge is 0.481 e. The topological polar surface area (TPSA) is 408 Å². The molecule has 8 N–H and O–H groups in total. The molecule has 78 heavy (non-hydrogen) atoms. The number of rotatable bonds is 25. The molecule has 32 heteroatoms. The van der Waals surface area contributed by atoms with E-state index in [-0.39, 0.29) is 19.4 Å². The van der Waals surface area contributed by atoms with Crippen molar-refractivity contribution in [1.82, 2.24) is 19.2 Å². The number of carboxylic acids is 1. The fourth-order valence-electron chi connectivity index (χ4n) is 10.9. The molecule has 6 aliphatic rings. The van der Waals surface area contributed by atoms with Gasteiger partial charge in [-0.15, -0.1) is 0 Å². The van der Waals surface area contributed by atoms with Crippen LogP contribution in [0.25, 0.3) is 0 Å². The van der Waals surface area contributed by atoms with E-state index in [9.17, 15) is 91.6 Å². The number of hydrogen-bond acceptors (Lipinski definition) is 17. The monoisotopic (exact) mass is 1230 g/mol. The first kappa shape index (κ1) is 62.8. The van der Waals surface area contributed by atoms with E-state index >= 15 is 0 Å². The van der Waals surface area contributed by atoms with Crippen LogP contribution in [0.1, 0.15) is 59.8 Å². The molecule has 0 aromatic rings. The Morgan fingerprint density at radius 3 is 1.55 bits per heavy atom. The predicted octanol–water partition coefficient (Wildman–Crippen LogP) is 3.02. The lowest BCUT2D eigenvalue weighted by atomic mass is 9.67. The lowest BCUT2D eigenvalue weighted by molar-refractivity contribution is -0.137. The Balaban J connectivity index is 1.37. The van der Waals surface area contributed by atoms with Crippen molar-refractivity contribution in [1.29, 1.82) is 0 Å². The molecule has 5 unspecified atom stereocenters. The van der Waals surface area contributed by atoms with Gasteiger partial charge in [-0.2, -0.15) is 42.1 Å². The third-order valence-electron chi connectivity index (χ3n) is 14.2. The Morgan fingerprint density at radius 2 is 1.08 bits per heavy atom. The SMILES string of the molecule is CC1(C)C(=CC=CC=CC2N(CCCS(=O)(=O)O)C3=C(C4C=C(S(=O)(=O)O)C=C(S(=O)(=O)NCCS(=O)(=O)O)C4C=C3)C2(C)C)N(CCCCCC(=O)O)C2=C1C1C=C(S(=O)(=O)O)C=C(S(=O)(=O)NCCS(=O)(=O)O)C1C=C2. The third-order valence-corrected chi connectivity index (χ3v) is 21.3. The molecule has 25 nitrogen and oxygen atoms in total. The van der Waals surface area contributed by atoms with E-state index in [0.717, 1.165) is 12.2 Å². The minimum atomic E-state index is -5.07. The van der Waals surface area contributed by atoms with Crippen molar-refractivity contribution in [3.05, 3.63) is 127 Å². The first-order valence-electron chi connectivity index (χ1n) is 24.0. The van der Waals surface area contributed by atoms with Gasteiger partial charge in [-0.3, -0.25) is 27.6 Å². The summed E-state index contributed by atoms with van der Waals surface area (Å²) in [5, 5.41) is 9.26. The number of allylic oxidation sites excluding steroid dienone is 15. The smallest absolute Gasteiger partial charge is 0.303 e. The molecular formula is C46H62N4O21S7. The number of unbranched alkanes of at least 4 members (excludes halogenated alkanes) is 2. The van der Waals surface area contributed by atoms with Gasteiger partial charge in [0, 0.05) is 84.2 Å². The number of fused-ring (bicyclic) bond motifs is 4. The maximum atomic E-state index is 13.8. The minimum absolute atomic E-state index is 0.00526. The highest BCUT2D eigenvalue weighted by atomic mass is 32.2. The standard InChI is InChI=1S/C46H62N4O21S7/c1-45(2)40(49(21-10-6-9-14-42(51)52)36-17-15-32-34(43(36)45)26-30(77(66,67)68)28-38(32)75(62,63)47-19-24-73(56,57)58)12-7-5-8-13-41-46(3,4)44-35-27-31(78(69,70)71)29-39(76(64,65)48-20-25-74(59,60)61)33(35)16-18-37(44)50(41)22-11-23-72(53,54)55/h5,7-8,12-13,15-18,26-29,32-35,41,47-48H,6,9-11,14,19-25H2,1-4H3,(H,51,52)(H,53,54,55)(H,56,57,58)(H,59,60,61)(H,66,67,68)(H,69,70,71). The molecule has 5 atom stereocenters. The van der Waals surface area contributed by atoms with Crippen molar-refractivity contribution >= 4 is 76.6 Å². The van der Waals surface area contributed by atoms with Gasteiger partial charge >= 0.3 is 5.97 Å². The molecule has 0 bridgehead atoms. The normalized spacial score (nSPS) is 25.0. The second-order valence-corrected chi connectivity index (χ2v) is 31.4. The number of sulfonamides is 2. The van der Waals surface area contributed by atoms with Crippen molar-refractivity contribution < 1.29 is 91.6 Å². The maximum absolute atomic E-state index is 13.8. The van der Waals surface area contributed by atoms with Crippen LogP contribution in [0.15, 0.2) is 127 Å². The van der Waals surface area contributed by atoms with E-state index in [1.54, 1.807) is 61.3 Å². The number of nitrogens with one attached hydrogen (secondary N) is 2. The summed E-state index contributed by atoms with van der Waals surface area (Å²) in [7, 11) is -33.2. The van der Waals surface area contributed by atoms with Gasteiger partial charge in [0.25, 0.3) is 50.6 Å². The average Bonchev–Trinajstić information content (AvgIpc) is 3.68. The second-order valence-electron chi connectivity index (χ2n) is 20.3. The van der Waals surface area contributed by atoms with E-state index in [1.807, 2.05) is 18.7 Å². The zero-order chi connectivity index (χ0) is 58.4.